The number of nitrogens with zero attached hydrogens (tertiary/aromatic N) is 2. The van der Waals surface area contributed by atoms with Gasteiger partial charge in [-0.25, -0.2) is 0 Å². The van der Waals surface area contributed by atoms with Crippen LogP contribution in [0.4, 0.5) is 0 Å². The van der Waals surface area contributed by atoms with Crippen LogP contribution in [0.25, 0.3) is 11.5 Å². The molecule has 0 bridgehead atoms. The molecule has 1 aliphatic heterocycles. The van der Waals surface area contributed by atoms with Crippen molar-refractivity contribution >= 4 is 11.6 Å². The van der Waals surface area contributed by atoms with Gasteiger partial charge >= 0.3 is 0 Å². The van der Waals surface area contributed by atoms with Gasteiger partial charge in [0.2, 0.25) is 0 Å². The second-order valence-electron chi connectivity index (χ2n) is 5.40. The zero-order chi connectivity index (χ0) is 13.9. The van der Waals surface area contributed by atoms with E-state index in [0.717, 1.165) is 41.5 Å². The summed E-state index contributed by atoms with van der Waals surface area (Å²) in [6, 6.07) is 5.80. The fraction of sp³-hybridized carbons (Fsp3) is 0.467. The monoisotopic (exact) mass is 291 g/mol. The number of aryl methyl sites for hydroxylation is 1. The lowest BCUT2D eigenvalue weighted by molar-refractivity contribution is 0.360. The minimum atomic E-state index is 0.547. The predicted octanol–water partition coefficient (Wildman–Crippen LogP) is 3.24. The van der Waals surface area contributed by atoms with E-state index in [1.165, 1.54) is 12.8 Å². The van der Waals surface area contributed by atoms with Crippen molar-refractivity contribution in [2.75, 3.05) is 13.1 Å². The van der Waals surface area contributed by atoms with Gasteiger partial charge in [0, 0.05) is 17.0 Å². The van der Waals surface area contributed by atoms with Gasteiger partial charge in [0.1, 0.15) is 0 Å². The fourth-order valence-corrected chi connectivity index (χ4v) is 2.72. The van der Waals surface area contributed by atoms with Gasteiger partial charge in [-0.2, -0.15) is 4.98 Å². The molecule has 3 rings (SSSR count). The van der Waals surface area contributed by atoms with Gasteiger partial charge in [0.05, 0.1) is 0 Å². The molecule has 4 nitrogen and oxygen atoms in total. The molecule has 1 atom stereocenters. The summed E-state index contributed by atoms with van der Waals surface area (Å²) >= 11 is 6.13. The Kier molecular flexibility index (Phi) is 4.03. The zero-order valence-corrected chi connectivity index (χ0v) is 12.3. The summed E-state index contributed by atoms with van der Waals surface area (Å²) < 4.78 is 5.35. The summed E-state index contributed by atoms with van der Waals surface area (Å²) in [6.45, 7) is 4.14. The summed E-state index contributed by atoms with van der Waals surface area (Å²) in [4.78, 5) is 4.48. The summed E-state index contributed by atoms with van der Waals surface area (Å²) in [5, 5.41) is 8.21. The normalized spacial score (nSPS) is 19.2. The van der Waals surface area contributed by atoms with Crippen LogP contribution in [-0.2, 0) is 6.42 Å². The van der Waals surface area contributed by atoms with Gasteiger partial charge in [-0.1, -0.05) is 22.8 Å². The molecule has 0 saturated carbocycles. The molecule has 2 heterocycles. The number of piperidine rings is 1. The van der Waals surface area contributed by atoms with E-state index in [9.17, 15) is 0 Å². The molecule has 5 heteroatoms. The van der Waals surface area contributed by atoms with E-state index < -0.39 is 0 Å². The number of hydrogen-bond donors (Lipinski definition) is 1. The maximum absolute atomic E-state index is 6.13. The molecule has 0 radical (unpaired) electrons. The second-order valence-corrected chi connectivity index (χ2v) is 5.80. The summed E-state index contributed by atoms with van der Waals surface area (Å²) in [6.07, 6.45) is 3.33. The number of aromatic nitrogens is 2. The first-order valence-corrected chi connectivity index (χ1v) is 7.40. The molecular formula is C15H18ClN3O. The van der Waals surface area contributed by atoms with Crippen LogP contribution in [0, 0.1) is 12.8 Å². The highest BCUT2D eigenvalue weighted by atomic mass is 35.5. The van der Waals surface area contributed by atoms with E-state index in [-0.39, 0.29) is 0 Å². The molecule has 0 aliphatic carbocycles. The molecule has 1 saturated heterocycles. The predicted molar refractivity (Wildman–Crippen MR) is 78.8 cm³/mol. The van der Waals surface area contributed by atoms with E-state index in [1.54, 1.807) is 0 Å². The maximum Gasteiger partial charge on any atom is 0.257 e. The van der Waals surface area contributed by atoms with Gasteiger partial charge in [-0.15, -0.1) is 0 Å². The first-order valence-electron chi connectivity index (χ1n) is 7.02. The Morgan fingerprint density at radius 2 is 2.35 bits per heavy atom. The largest absolute Gasteiger partial charge is 0.334 e. The van der Waals surface area contributed by atoms with Crippen molar-refractivity contribution < 1.29 is 4.52 Å². The lowest BCUT2D eigenvalue weighted by Crippen LogP contribution is -2.31. The average Bonchev–Trinajstić information content (AvgIpc) is 2.91. The molecule has 1 unspecified atom stereocenters. The van der Waals surface area contributed by atoms with Crippen LogP contribution < -0.4 is 5.32 Å². The SMILES string of the molecule is Cc1ccc(-c2nc(CC3CCCNC3)no2)cc1Cl. The Balaban J connectivity index is 1.73. The Morgan fingerprint density at radius 1 is 1.45 bits per heavy atom. The van der Waals surface area contributed by atoms with Crippen LogP contribution in [0.1, 0.15) is 24.2 Å². The third kappa shape index (κ3) is 3.02. The maximum atomic E-state index is 6.13. The van der Waals surface area contributed by atoms with Crippen LogP contribution in [0.3, 0.4) is 0 Å². The number of halogens is 1. The van der Waals surface area contributed by atoms with Gasteiger partial charge in [0.25, 0.3) is 5.89 Å². The summed E-state index contributed by atoms with van der Waals surface area (Å²) in [7, 11) is 0. The standard InChI is InChI=1S/C15H18ClN3O/c1-10-4-5-12(8-13(10)16)15-18-14(19-20-15)7-11-3-2-6-17-9-11/h4-5,8,11,17H,2-3,6-7,9H2,1H3. The van der Waals surface area contributed by atoms with Gasteiger partial charge in [0.15, 0.2) is 5.82 Å². The van der Waals surface area contributed by atoms with E-state index in [1.807, 2.05) is 25.1 Å². The summed E-state index contributed by atoms with van der Waals surface area (Å²) in [5.74, 6) is 1.94. The highest BCUT2D eigenvalue weighted by Gasteiger charge is 2.17. The Bertz CT molecular complexity index is 591. The van der Waals surface area contributed by atoms with Crippen molar-refractivity contribution in [3.63, 3.8) is 0 Å². The third-order valence-electron chi connectivity index (χ3n) is 3.76. The van der Waals surface area contributed by atoms with Crippen LogP contribution in [0.15, 0.2) is 22.7 Å². The van der Waals surface area contributed by atoms with Crippen LogP contribution >= 0.6 is 11.6 Å². The van der Waals surface area contributed by atoms with Gasteiger partial charge in [-0.3, -0.25) is 0 Å². The Morgan fingerprint density at radius 3 is 3.10 bits per heavy atom. The van der Waals surface area contributed by atoms with E-state index in [2.05, 4.69) is 15.5 Å². The molecule has 0 amide bonds. The molecular weight excluding hydrogens is 274 g/mol. The highest BCUT2D eigenvalue weighted by Crippen LogP contribution is 2.24. The molecule has 1 aliphatic rings. The first kappa shape index (κ1) is 13.6. The van der Waals surface area contributed by atoms with E-state index in [4.69, 9.17) is 16.1 Å². The number of hydrogen-bond acceptors (Lipinski definition) is 4. The first-order chi connectivity index (χ1) is 9.72. The highest BCUT2D eigenvalue weighted by molar-refractivity contribution is 6.31. The van der Waals surface area contributed by atoms with Crippen molar-refractivity contribution in [3.8, 4) is 11.5 Å². The smallest absolute Gasteiger partial charge is 0.257 e. The number of nitrogens with one attached hydrogen (secondary N) is 1. The summed E-state index contributed by atoms with van der Waals surface area (Å²) in [5.41, 5.74) is 1.92. The van der Waals surface area contributed by atoms with Crippen molar-refractivity contribution in [1.29, 1.82) is 0 Å². The topological polar surface area (TPSA) is 51.0 Å². The van der Waals surface area contributed by atoms with Crippen LogP contribution in [0.5, 0.6) is 0 Å². The number of benzene rings is 1. The van der Waals surface area contributed by atoms with E-state index in [0.29, 0.717) is 11.8 Å². The van der Waals surface area contributed by atoms with E-state index >= 15 is 0 Å². The molecule has 1 aromatic heterocycles. The van der Waals surface area contributed by atoms with Crippen molar-refractivity contribution in [2.24, 2.45) is 5.92 Å². The molecule has 1 N–H and O–H groups in total. The average molecular weight is 292 g/mol. The van der Waals surface area contributed by atoms with Gasteiger partial charge < -0.3 is 9.84 Å². The number of rotatable bonds is 3. The lowest BCUT2D eigenvalue weighted by atomic mass is 9.96. The van der Waals surface area contributed by atoms with Gasteiger partial charge in [-0.05, 0) is 56.5 Å². The van der Waals surface area contributed by atoms with Crippen LogP contribution in [-0.4, -0.2) is 23.2 Å². The molecule has 1 fully saturated rings. The van der Waals surface area contributed by atoms with Crippen molar-refractivity contribution in [2.45, 2.75) is 26.2 Å². The molecule has 106 valence electrons. The lowest BCUT2D eigenvalue weighted by Gasteiger charge is -2.20. The molecule has 0 spiro atoms. The second kappa shape index (κ2) is 5.94. The third-order valence-corrected chi connectivity index (χ3v) is 4.16. The zero-order valence-electron chi connectivity index (χ0n) is 11.5. The molecule has 20 heavy (non-hydrogen) atoms. The fourth-order valence-electron chi connectivity index (χ4n) is 2.54. The minimum Gasteiger partial charge on any atom is -0.334 e. The quantitative estimate of drug-likeness (QED) is 0.943. The van der Waals surface area contributed by atoms with Crippen molar-refractivity contribution in [1.82, 2.24) is 15.5 Å². The van der Waals surface area contributed by atoms with Crippen molar-refractivity contribution in [3.05, 3.63) is 34.6 Å². The Hall–Kier alpha value is -1.39. The van der Waals surface area contributed by atoms with Crippen LogP contribution in [0.2, 0.25) is 5.02 Å². The Labute approximate surface area is 123 Å². The molecule has 1 aromatic carbocycles. The minimum absolute atomic E-state index is 0.547. The molecule has 2 aromatic rings.